The second kappa shape index (κ2) is 11.9. The molecule has 162 valence electrons. The first-order valence-electron chi connectivity index (χ1n) is 11.0. The summed E-state index contributed by atoms with van der Waals surface area (Å²) < 4.78 is 6.90. The number of rotatable bonds is 12. The molecule has 0 aliphatic carbocycles. The monoisotopic (exact) mass is 424 g/mol. The number of unbranched alkanes of at least 4 members (excludes halogenated alkanes) is 5. The highest BCUT2D eigenvalue weighted by Crippen LogP contribution is 2.36. The lowest BCUT2D eigenvalue weighted by molar-refractivity contribution is -0.131. The van der Waals surface area contributed by atoms with Crippen LogP contribution in [0.1, 0.15) is 59.3 Å². The lowest BCUT2D eigenvalue weighted by Gasteiger charge is -2.43. The molecule has 2 aromatic rings. The number of benzene rings is 2. The molecule has 0 saturated carbocycles. The Morgan fingerprint density at radius 2 is 1.37 bits per heavy atom. The van der Waals surface area contributed by atoms with Crippen LogP contribution in [0.15, 0.2) is 72.8 Å². The van der Waals surface area contributed by atoms with Crippen molar-refractivity contribution in [3.05, 3.63) is 72.8 Å². The Bertz CT molecular complexity index is 739. The molecular weight excluding hydrogens is 388 g/mol. The highest BCUT2D eigenvalue weighted by molar-refractivity contribution is 6.99. The van der Waals surface area contributed by atoms with Crippen molar-refractivity contribution in [3.8, 4) is 0 Å². The first-order chi connectivity index (χ1) is 14.4. The van der Waals surface area contributed by atoms with E-state index in [9.17, 15) is 4.79 Å². The van der Waals surface area contributed by atoms with Crippen LogP contribution >= 0.6 is 0 Å². The van der Waals surface area contributed by atoms with Crippen LogP contribution in [-0.4, -0.2) is 26.0 Å². The van der Waals surface area contributed by atoms with E-state index >= 15 is 0 Å². The molecule has 0 bridgehead atoms. The third-order valence-corrected chi connectivity index (χ3v) is 10.6. The molecule has 2 rings (SSSR count). The van der Waals surface area contributed by atoms with Gasteiger partial charge in [-0.1, -0.05) is 107 Å². The number of aliphatic carboxylic acids is 1. The zero-order chi connectivity index (χ0) is 21.9. The highest BCUT2D eigenvalue weighted by atomic mass is 28.4. The maximum atomic E-state index is 10.5. The predicted molar refractivity (Wildman–Crippen MR) is 128 cm³/mol. The molecule has 0 radical (unpaired) electrons. The quantitative estimate of drug-likeness (QED) is 0.276. The summed E-state index contributed by atoms with van der Waals surface area (Å²) in [5, 5.41) is 11.3. The molecular formula is C26H36O3Si. The predicted octanol–water partition coefficient (Wildman–Crippen LogP) is 5.54. The SMILES string of the molecule is CC(C)(C)[Si](OCCCCCCC/C=C/C(=O)O)(c1ccccc1)c1ccccc1. The molecule has 0 amide bonds. The van der Waals surface area contributed by atoms with Gasteiger partial charge in [-0.2, -0.15) is 0 Å². The van der Waals surface area contributed by atoms with E-state index in [1.807, 2.05) is 0 Å². The Morgan fingerprint density at radius 3 is 1.87 bits per heavy atom. The summed E-state index contributed by atoms with van der Waals surface area (Å²) in [5.74, 6) is -0.865. The standard InChI is InChI=1S/C26H36O3Si/c1-26(2,3)30(23-17-11-9-12-18-23,24-19-13-10-14-20-24)29-22-16-8-6-4-5-7-15-21-25(27)28/h9-15,17-21H,4-8,16,22H2,1-3H3,(H,27,28)/b21-15+. The molecule has 0 aliphatic heterocycles. The smallest absolute Gasteiger partial charge is 0.327 e. The summed E-state index contributed by atoms with van der Waals surface area (Å²) in [6, 6.07) is 21.5. The van der Waals surface area contributed by atoms with Crippen molar-refractivity contribution in [2.24, 2.45) is 0 Å². The van der Waals surface area contributed by atoms with Gasteiger partial charge in [-0.05, 0) is 34.7 Å². The van der Waals surface area contributed by atoms with E-state index in [0.29, 0.717) is 0 Å². The average molecular weight is 425 g/mol. The molecule has 3 nitrogen and oxygen atoms in total. The first-order valence-corrected chi connectivity index (χ1v) is 12.9. The molecule has 4 heteroatoms. The van der Waals surface area contributed by atoms with Crippen molar-refractivity contribution in [3.63, 3.8) is 0 Å². The molecule has 0 fully saturated rings. The van der Waals surface area contributed by atoms with Crippen LogP contribution in [0.5, 0.6) is 0 Å². The Morgan fingerprint density at radius 1 is 0.867 bits per heavy atom. The molecule has 0 spiro atoms. The maximum absolute atomic E-state index is 10.5. The van der Waals surface area contributed by atoms with E-state index in [0.717, 1.165) is 45.1 Å². The van der Waals surface area contributed by atoms with Crippen LogP contribution in [-0.2, 0) is 9.22 Å². The molecule has 0 aliphatic rings. The summed E-state index contributed by atoms with van der Waals surface area (Å²) >= 11 is 0. The maximum Gasteiger partial charge on any atom is 0.327 e. The van der Waals surface area contributed by atoms with Gasteiger partial charge in [0.2, 0.25) is 0 Å². The lowest BCUT2D eigenvalue weighted by atomic mass is 10.1. The molecule has 2 aromatic carbocycles. The van der Waals surface area contributed by atoms with Gasteiger partial charge in [0, 0.05) is 12.7 Å². The van der Waals surface area contributed by atoms with Crippen LogP contribution in [0.4, 0.5) is 0 Å². The van der Waals surface area contributed by atoms with Gasteiger partial charge in [-0.3, -0.25) is 0 Å². The summed E-state index contributed by atoms with van der Waals surface area (Å²) in [7, 11) is -2.41. The fourth-order valence-electron chi connectivity index (χ4n) is 4.07. The van der Waals surface area contributed by atoms with Crippen molar-refractivity contribution in [1.82, 2.24) is 0 Å². The van der Waals surface area contributed by atoms with Gasteiger partial charge >= 0.3 is 5.97 Å². The number of allylic oxidation sites excluding steroid dienone is 1. The van der Waals surface area contributed by atoms with Crippen molar-refractivity contribution in [2.45, 2.75) is 64.3 Å². The van der Waals surface area contributed by atoms with Gasteiger partial charge in [0.05, 0.1) is 0 Å². The van der Waals surface area contributed by atoms with Crippen LogP contribution in [0.25, 0.3) is 0 Å². The third kappa shape index (κ3) is 6.68. The van der Waals surface area contributed by atoms with Crippen LogP contribution in [0.2, 0.25) is 5.04 Å². The Hall–Kier alpha value is -2.17. The molecule has 0 saturated heterocycles. The Balaban J connectivity index is 1.99. The molecule has 30 heavy (non-hydrogen) atoms. The average Bonchev–Trinajstić information content (AvgIpc) is 2.72. The molecule has 0 heterocycles. The van der Waals surface area contributed by atoms with E-state index in [2.05, 4.69) is 81.4 Å². The van der Waals surface area contributed by atoms with Gasteiger partial charge in [0.25, 0.3) is 8.32 Å². The number of carbonyl (C=O) groups is 1. The van der Waals surface area contributed by atoms with Crippen molar-refractivity contribution in [1.29, 1.82) is 0 Å². The van der Waals surface area contributed by atoms with Crippen molar-refractivity contribution >= 4 is 24.7 Å². The molecule has 0 unspecified atom stereocenters. The summed E-state index contributed by atoms with van der Waals surface area (Å²) in [4.78, 5) is 10.5. The van der Waals surface area contributed by atoms with E-state index in [4.69, 9.17) is 9.53 Å². The number of carboxylic acid groups (broad SMARTS) is 1. The number of hydrogen-bond acceptors (Lipinski definition) is 2. The minimum absolute atomic E-state index is 0.0200. The van der Waals surface area contributed by atoms with E-state index in [-0.39, 0.29) is 5.04 Å². The second-order valence-corrected chi connectivity index (χ2v) is 13.1. The zero-order valence-electron chi connectivity index (χ0n) is 18.6. The van der Waals surface area contributed by atoms with Crippen LogP contribution < -0.4 is 10.4 Å². The normalized spacial score (nSPS) is 12.4. The van der Waals surface area contributed by atoms with Crippen LogP contribution in [0.3, 0.4) is 0 Å². The molecule has 0 aromatic heterocycles. The van der Waals surface area contributed by atoms with Gasteiger partial charge in [-0.25, -0.2) is 4.79 Å². The fourth-order valence-corrected chi connectivity index (χ4v) is 8.67. The first kappa shape index (κ1) is 24.1. The van der Waals surface area contributed by atoms with Gasteiger partial charge in [-0.15, -0.1) is 0 Å². The van der Waals surface area contributed by atoms with E-state index < -0.39 is 14.3 Å². The zero-order valence-corrected chi connectivity index (χ0v) is 19.6. The van der Waals surface area contributed by atoms with Crippen molar-refractivity contribution < 1.29 is 14.3 Å². The van der Waals surface area contributed by atoms with Gasteiger partial charge < -0.3 is 9.53 Å². The largest absolute Gasteiger partial charge is 0.478 e. The van der Waals surface area contributed by atoms with E-state index in [1.165, 1.54) is 16.4 Å². The third-order valence-electron chi connectivity index (χ3n) is 5.51. The number of hydrogen-bond donors (Lipinski definition) is 1. The van der Waals surface area contributed by atoms with Gasteiger partial charge in [0.1, 0.15) is 0 Å². The minimum Gasteiger partial charge on any atom is -0.478 e. The summed E-state index contributed by atoms with van der Waals surface area (Å²) in [6.45, 7) is 7.70. The summed E-state index contributed by atoms with van der Waals surface area (Å²) in [6.07, 6.45) is 9.33. The highest BCUT2D eigenvalue weighted by Gasteiger charge is 2.49. The summed E-state index contributed by atoms with van der Waals surface area (Å²) in [5.41, 5.74) is 0. The molecule has 1 N–H and O–H groups in total. The lowest BCUT2D eigenvalue weighted by Crippen LogP contribution is -2.66. The second-order valence-electron chi connectivity index (χ2n) is 8.81. The van der Waals surface area contributed by atoms with Crippen LogP contribution in [0, 0.1) is 0 Å². The minimum atomic E-state index is -2.41. The Kier molecular flexibility index (Phi) is 9.54. The van der Waals surface area contributed by atoms with Crippen molar-refractivity contribution in [2.75, 3.05) is 6.61 Å². The number of carboxylic acids is 1. The molecule has 0 atom stereocenters. The topological polar surface area (TPSA) is 46.5 Å². The van der Waals surface area contributed by atoms with E-state index in [1.54, 1.807) is 6.08 Å². The Labute approximate surface area is 182 Å². The van der Waals surface area contributed by atoms with Gasteiger partial charge in [0.15, 0.2) is 0 Å². The fraction of sp³-hybridized carbons (Fsp3) is 0.423.